The molecule has 1 N–H and O–H groups in total. The van der Waals surface area contributed by atoms with Gasteiger partial charge >= 0.3 is 0 Å². The zero-order valence-electron chi connectivity index (χ0n) is 11.8. The van der Waals surface area contributed by atoms with Gasteiger partial charge in [-0.05, 0) is 19.1 Å². The van der Waals surface area contributed by atoms with Crippen LogP contribution < -0.4 is 15.0 Å². The third-order valence-electron chi connectivity index (χ3n) is 2.61. The van der Waals surface area contributed by atoms with Crippen molar-refractivity contribution in [3.8, 4) is 5.75 Å². The molecule has 0 bridgehead atoms. The number of rotatable bonds is 8. The first-order valence-electron chi connectivity index (χ1n) is 6.26. The van der Waals surface area contributed by atoms with E-state index in [0.29, 0.717) is 12.6 Å². The van der Waals surface area contributed by atoms with E-state index >= 15 is 0 Å². The van der Waals surface area contributed by atoms with Crippen LogP contribution in [0.5, 0.6) is 5.75 Å². The Morgan fingerprint density at radius 1 is 1.33 bits per heavy atom. The smallest absolute Gasteiger partial charge is 0.121 e. The molecule has 0 aliphatic carbocycles. The molecule has 102 valence electrons. The molecule has 0 fully saturated rings. The van der Waals surface area contributed by atoms with Crippen LogP contribution in [-0.2, 0) is 4.74 Å². The third-order valence-corrected chi connectivity index (χ3v) is 2.61. The number of nitrogens with zero attached hydrogens (tertiary/aromatic N) is 1. The summed E-state index contributed by atoms with van der Waals surface area (Å²) in [4.78, 5) is 2.06. The lowest BCUT2D eigenvalue weighted by atomic mass is 10.3. The average Bonchev–Trinajstić information content (AvgIpc) is 2.35. The van der Waals surface area contributed by atoms with E-state index in [4.69, 9.17) is 9.47 Å². The Kier molecular flexibility index (Phi) is 6.54. The summed E-state index contributed by atoms with van der Waals surface area (Å²) >= 11 is 0. The second-order valence-corrected chi connectivity index (χ2v) is 4.55. The van der Waals surface area contributed by atoms with E-state index in [9.17, 15) is 0 Å². The molecule has 1 atom stereocenters. The fourth-order valence-electron chi connectivity index (χ4n) is 1.63. The van der Waals surface area contributed by atoms with E-state index < -0.39 is 0 Å². The topological polar surface area (TPSA) is 33.7 Å². The van der Waals surface area contributed by atoms with Gasteiger partial charge in [0.05, 0.1) is 6.61 Å². The molecule has 4 nitrogen and oxygen atoms in total. The van der Waals surface area contributed by atoms with Crippen molar-refractivity contribution in [1.29, 1.82) is 0 Å². The van der Waals surface area contributed by atoms with Gasteiger partial charge in [0.25, 0.3) is 0 Å². The van der Waals surface area contributed by atoms with Crippen molar-refractivity contribution in [3.63, 3.8) is 0 Å². The molecule has 1 aromatic carbocycles. The van der Waals surface area contributed by atoms with E-state index in [1.807, 2.05) is 32.3 Å². The van der Waals surface area contributed by atoms with Crippen molar-refractivity contribution >= 4 is 5.69 Å². The molecule has 0 radical (unpaired) electrons. The summed E-state index contributed by atoms with van der Waals surface area (Å²) in [5.41, 5.74) is 1.15. The number of hydrogen-bond acceptors (Lipinski definition) is 4. The van der Waals surface area contributed by atoms with Gasteiger partial charge in [-0.3, -0.25) is 0 Å². The van der Waals surface area contributed by atoms with Crippen LogP contribution in [-0.4, -0.2) is 47.0 Å². The van der Waals surface area contributed by atoms with Crippen molar-refractivity contribution in [1.82, 2.24) is 5.32 Å². The van der Waals surface area contributed by atoms with Gasteiger partial charge in [0.2, 0.25) is 0 Å². The first kappa shape index (κ1) is 14.8. The maximum absolute atomic E-state index is 5.70. The minimum absolute atomic E-state index is 0.353. The minimum Gasteiger partial charge on any atom is -0.492 e. The van der Waals surface area contributed by atoms with Gasteiger partial charge in [-0.25, -0.2) is 0 Å². The number of methoxy groups -OCH3 is 1. The molecule has 0 heterocycles. The van der Waals surface area contributed by atoms with Gasteiger partial charge < -0.3 is 19.7 Å². The highest BCUT2D eigenvalue weighted by atomic mass is 16.5. The highest BCUT2D eigenvalue weighted by molar-refractivity contribution is 5.49. The molecule has 1 unspecified atom stereocenters. The molecule has 0 saturated carbocycles. The largest absolute Gasteiger partial charge is 0.492 e. The van der Waals surface area contributed by atoms with Crippen LogP contribution >= 0.6 is 0 Å². The molecule has 0 spiro atoms. The summed E-state index contributed by atoms with van der Waals surface area (Å²) in [6.45, 7) is 4.29. The molecular formula is C14H24N2O2. The lowest BCUT2D eigenvalue weighted by Gasteiger charge is -2.15. The predicted octanol–water partition coefficient (Wildman–Crippen LogP) is 1.76. The van der Waals surface area contributed by atoms with Gasteiger partial charge in [0.1, 0.15) is 12.4 Å². The van der Waals surface area contributed by atoms with E-state index in [0.717, 1.165) is 24.6 Å². The third kappa shape index (κ3) is 5.38. The van der Waals surface area contributed by atoms with Crippen LogP contribution in [0.1, 0.15) is 6.92 Å². The summed E-state index contributed by atoms with van der Waals surface area (Å²) in [7, 11) is 5.75. The van der Waals surface area contributed by atoms with Crippen LogP contribution in [0, 0.1) is 0 Å². The Hall–Kier alpha value is -1.26. The van der Waals surface area contributed by atoms with Crippen LogP contribution in [0.4, 0.5) is 5.69 Å². The molecule has 0 saturated heterocycles. The monoisotopic (exact) mass is 252 g/mol. The fourth-order valence-corrected chi connectivity index (χ4v) is 1.63. The molecule has 18 heavy (non-hydrogen) atoms. The fraction of sp³-hybridized carbons (Fsp3) is 0.571. The zero-order valence-corrected chi connectivity index (χ0v) is 11.8. The standard InChI is InChI=1S/C14H24N2O2/c1-12(11-17-4)15-8-9-18-14-7-5-6-13(10-14)16(2)3/h5-7,10,12,15H,8-9,11H2,1-4H3. The van der Waals surface area contributed by atoms with Crippen molar-refractivity contribution in [3.05, 3.63) is 24.3 Å². The Morgan fingerprint density at radius 2 is 2.11 bits per heavy atom. The van der Waals surface area contributed by atoms with Gasteiger partial charge in [-0.2, -0.15) is 0 Å². The maximum atomic E-state index is 5.70. The SMILES string of the molecule is COCC(C)NCCOc1cccc(N(C)C)c1. The second kappa shape index (κ2) is 7.95. The maximum Gasteiger partial charge on any atom is 0.121 e. The summed E-state index contributed by atoms with van der Waals surface area (Å²) in [6.07, 6.45) is 0. The van der Waals surface area contributed by atoms with Gasteiger partial charge in [0.15, 0.2) is 0 Å². The Morgan fingerprint density at radius 3 is 2.78 bits per heavy atom. The average molecular weight is 252 g/mol. The van der Waals surface area contributed by atoms with Crippen molar-refractivity contribution in [2.75, 3.05) is 45.9 Å². The predicted molar refractivity (Wildman–Crippen MR) is 75.6 cm³/mol. The summed E-state index contributed by atoms with van der Waals surface area (Å²) in [6, 6.07) is 8.44. The number of hydrogen-bond donors (Lipinski definition) is 1. The summed E-state index contributed by atoms with van der Waals surface area (Å²) in [5, 5.41) is 3.33. The molecule has 1 rings (SSSR count). The molecule has 0 aliphatic heterocycles. The Balaban J connectivity index is 2.29. The first-order valence-corrected chi connectivity index (χ1v) is 6.26. The number of benzene rings is 1. The summed E-state index contributed by atoms with van der Waals surface area (Å²) in [5.74, 6) is 0.905. The lowest BCUT2D eigenvalue weighted by Crippen LogP contribution is -2.33. The van der Waals surface area contributed by atoms with Crippen LogP contribution in [0.2, 0.25) is 0 Å². The quantitative estimate of drug-likeness (QED) is 0.715. The van der Waals surface area contributed by atoms with E-state index in [1.54, 1.807) is 7.11 Å². The number of nitrogens with one attached hydrogen (secondary N) is 1. The van der Waals surface area contributed by atoms with Crippen molar-refractivity contribution in [2.24, 2.45) is 0 Å². The highest BCUT2D eigenvalue weighted by Gasteiger charge is 2.01. The number of anilines is 1. The number of ether oxygens (including phenoxy) is 2. The Bertz CT molecular complexity index is 342. The normalized spacial score (nSPS) is 12.2. The zero-order chi connectivity index (χ0) is 13.4. The van der Waals surface area contributed by atoms with Crippen LogP contribution in [0.25, 0.3) is 0 Å². The van der Waals surface area contributed by atoms with Gasteiger partial charge in [-0.15, -0.1) is 0 Å². The second-order valence-electron chi connectivity index (χ2n) is 4.55. The van der Waals surface area contributed by atoms with Crippen molar-refractivity contribution < 1.29 is 9.47 Å². The molecule has 0 aliphatic rings. The molecular weight excluding hydrogens is 228 g/mol. The van der Waals surface area contributed by atoms with Crippen LogP contribution in [0.15, 0.2) is 24.3 Å². The first-order chi connectivity index (χ1) is 8.63. The van der Waals surface area contributed by atoms with Gasteiger partial charge in [-0.1, -0.05) is 6.07 Å². The molecule has 0 aromatic heterocycles. The molecule has 1 aromatic rings. The van der Waals surface area contributed by atoms with E-state index in [1.165, 1.54) is 0 Å². The summed E-state index contributed by atoms with van der Waals surface area (Å²) < 4.78 is 10.7. The Labute approximate surface area is 110 Å². The van der Waals surface area contributed by atoms with Gasteiger partial charge in [0, 0.05) is 45.5 Å². The molecule has 4 heteroatoms. The van der Waals surface area contributed by atoms with E-state index in [-0.39, 0.29) is 0 Å². The van der Waals surface area contributed by atoms with Crippen molar-refractivity contribution in [2.45, 2.75) is 13.0 Å². The highest BCUT2D eigenvalue weighted by Crippen LogP contribution is 2.18. The lowest BCUT2D eigenvalue weighted by molar-refractivity contribution is 0.169. The van der Waals surface area contributed by atoms with Crippen LogP contribution in [0.3, 0.4) is 0 Å². The van der Waals surface area contributed by atoms with E-state index in [2.05, 4.69) is 23.2 Å². The molecule has 0 amide bonds. The minimum atomic E-state index is 0.353.